The van der Waals surface area contributed by atoms with Crippen LogP contribution in [0.4, 0.5) is 13.2 Å². The van der Waals surface area contributed by atoms with Crippen molar-refractivity contribution in [3.63, 3.8) is 0 Å². The molecule has 1 fully saturated rings. The van der Waals surface area contributed by atoms with Gasteiger partial charge < -0.3 is 5.73 Å². The van der Waals surface area contributed by atoms with E-state index in [2.05, 4.69) is 0 Å². The van der Waals surface area contributed by atoms with Gasteiger partial charge in [0.25, 0.3) is 0 Å². The highest BCUT2D eigenvalue weighted by Crippen LogP contribution is 2.37. The Labute approximate surface area is 90.2 Å². The first-order valence-electron chi connectivity index (χ1n) is 4.80. The lowest BCUT2D eigenvalue weighted by atomic mass is 9.72. The highest BCUT2D eigenvalue weighted by atomic mass is 19.4. The normalized spacial score (nSPS) is 19.4. The fourth-order valence-corrected chi connectivity index (χ4v) is 1.85. The highest BCUT2D eigenvalue weighted by Gasteiger charge is 2.41. The standard InChI is InChI=1S/C11H10F3NO/c12-11(13,14)8-3-1-7(2-4-8)10(15)5-9(16)6-10/h1-4H,5-6,15H2. The Morgan fingerprint density at radius 2 is 1.62 bits per heavy atom. The first kappa shape index (κ1) is 11.1. The lowest BCUT2D eigenvalue weighted by molar-refractivity contribution is -0.137. The van der Waals surface area contributed by atoms with Gasteiger partial charge in [-0.3, -0.25) is 4.79 Å². The lowest BCUT2D eigenvalue weighted by Gasteiger charge is -2.37. The summed E-state index contributed by atoms with van der Waals surface area (Å²) in [7, 11) is 0. The molecule has 1 saturated carbocycles. The molecule has 0 amide bonds. The number of halogens is 3. The van der Waals surface area contributed by atoms with Crippen molar-refractivity contribution in [2.75, 3.05) is 0 Å². The average molecular weight is 229 g/mol. The molecule has 0 radical (unpaired) electrons. The van der Waals surface area contributed by atoms with Gasteiger partial charge in [0.15, 0.2) is 0 Å². The summed E-state index contributed by atoms with van der Waals surface area (Å²) >= 11 is 0. The fourth-order valence-electron chi connectivity index (χ4n) is 1.85. The molecule has 0 aliphatic heterocycles. The van der Waals surface area contributed by atoms with Crippen LogP contribution >= 0.6 is 0 Å². The molecule has 1 aliphatic carbocycles. The van der Waals surface area contributed by atoms with Crippen LogP contribution in [0.25, 0.3) is 0 Å². The van der Waals surface area contributed by atoms with Crippen molar-refractivity contribution >= 4 is 5.78 Å². The number of ketones is 1. The number of hydrogen-bond acceptors (Lipinski definition) is 2. The van der Waals surface area contributed by atoms with Gasteiger partial charge in [-0.25, -0.2) is 0 Å². The predicted molar refractivity (Wildman–Crippen MR) is 51.6 cm³/mol. The highest BCUT2D eigenvalue weighted by molar-refractivity contribution is 5.88. The quantitative estimate of drug-likeness (QED) is 0.802. The summed E-state index contributed by atoms with van der Waals surface area (Å²) in [5.74, 6) is 0.0439. The molecule has 86 valence electrons. The Morgan fingerprint density at radius 3 is 2.00 bits per heavy atom. The monoisotopic (exact) mass is 229 g/mol. The van der Waals surface area contributed by atoms with E-state index in [-0.39, 0.29) is 18.6 Å². The Hall–Kier alpha value is -1.36. The second-order valence-electron chi connectivity index (χ2n) is 4.12. The van der Waals surface area contributed by atoms with E-state index in [4.69, 9.17) is 5.73 Å². The first-order chi connectivity index (χ1) is 7.31. The van der Waals surface area contributed by atoms with Crippen LogP contribution in [0.1, 0.15) is 24.0 Å². The van der Waals surface area contributed by atoms with E-state index in [9.17, 15) is 18.0 Å². The van der Waals surface area contributed by atoms with Gasteiger partial charge >= 0.3 is 6.18 Å². The van der Waals surface area contributed by atoms with Crippen LogP contribution in [0.15, 0.2) is 24.3 Å². The van der Waals surface area contributed by atoms with Crippen LogP contribution in [0, 0.1) is 0 Å². The number of benzene rings is 1. The molecular formula is C11H10F3NO. The number of carbonyl (C=O) groups is 1. The van der Waals surface area contributed by atoms with Gasteiger partial charge in [-0.05, 0) is 17.7 Å². The molecular weight excluding hydrogens is 219 g/mol. The van der Waals surface area contributed by atoms with Gasteiger partial charge in [0.2, 0.25) is 0 Å². The summed E-state index contributed by atoms with van der Waals surface area (Å²) in [6.07, 6.45) is -3.92. The lowest BCUT2D eigenvalue weighted by Crippen LogP contribution is -2.49. The molecule has 0 spiro atoms. The molecule has 1 aromatic rings. The molecule has 16 heavy (non-hydrogen) atoms. The number of nitrogens with two attached hydrogens (primary N) is 1. The number of alkyl halides is 3. The molecule has 0 aromatic heterocycles. The molecule has 2 N–H and O–H groups in total. The van der Waals surface area contributed by atoms with E-state index in [0.29, 0.717) is 5.56 Å². The summed E-state index contributed by atoms with van der Waals surface area (Å²) in [5, 5.41) is 0. The van der Waals surface area contributed by atoms with Gasteiger partial charge in [-0.2, -0.15) is 13.2 Å². The summed E-state index contributed by atoms with van der Waals surface area (Å²) in [6, 6.07) is 4.67. The van der Waals surface area contributed by atoms with Crippen molar-refractivity contribution in [3.8, 4) is 0 Å². The summed E-state index contributed by atoms with van der Waals surface area (Å²) < 4.78 is 36.9. The molecule has 2 rings (SSSR count). The van der Waals surface area contributed by atoms with Gasteiger partial charge in [-0.1, -0.05) is 12.1 Å². The van der Waals surface area contributed by atoms with Gasteiger partial charge in [0.05, 0.1) is 11.1 Å². The van der Waals surface area contributed by atoms with Crippen LogP contribution in [0.3, 0.4) is 0 Å². The second kappa shape index (κ2) is 3.31. The number of carbonyl (C=O) groups excluding carboxylic acids is 1. The minimum absolute atomic E-state index is 0.0439. The van der Waals surface area contributed by atoms with E-state index in [1.165, 1.54) is 12.1 Å². The first-order valence-corrected chi connectivity index (χ1v) is 4.80. The van der Waals surface area contributed by atoms with Crippen molar-refractivity contribution in [1.82, 2.24) is 0 Å². The zero-order chi connectivity index (χ0) is 12.0. The van der Waals surface area contributed by atoms with E-state index in [1.807, 2.05) is 0 Å². The van der Waals surface area contributed by atoms with Gasteiger partial charge in [0.1, 0.15) is 5.78 Å². The van der Waals surface area contributed by atoms with Crippen LogP contribution in [-0.2, 0) is 16.5 Å². The minimum atomic E-state index is -4.34. The fraction of sp³-hybridized carbons (Fsp3) is 0.364. The number of rotatable bonds is 1. The zero-order valence-electron chi connectivity index (χ0n) is 8.34. The van der Waals surface area contributed by atoms with Gasteiger partial charge in [-0.15, -0.1) is 0 Å². The molecule has 1 aliphatic rings. The Balaban J connectivity index is 2.24. The number of hydrogen-bond donors (Lipinski definition) is 1. The average Bonchev–Trinajstić information content (AvgIpc) is 2.14. The molecule has 0 saturated heterocycles. The van der Waals surface area contributed by atoms with Gasteiger partial charge in [0, 0.05) is 12.8 Å². The predicted octanol–water partition coefficient (Wildman–Crippen LogP) is 2.22. The molecule has 2 nitrogen and oxygen atoms in total. The Kier molecular flexibility index (Phi) is 2.31. The second-order valence-corrected chi connectivity index (χ2v) is 4.12. The molecule has 5 heteroatoms. The van der Waals surface area contributed by atoms with Crippen molar-refractivity contribution in [2.45, 2.75) is 24.6 Å². The molecule has 0 heterocycles. The molecule has 0 atom stereocenters. The van der Waals surface area contributed by atoms with E-state index in [0.717, 1.165) is 12.1 Å². The maximum atomic E-state index is 12.3. The number of Topliss-reactive ketones (excluding diaryl/α,β-unsaturated/α-hetero) is 1. The van der Waals surface area contributed by atoms with Crippen molar-refractivity contribution in [2.24, 2.45) is 5.73 Å². The van der Waals surface area contributed by atoms with E-state index < -0.39 is 17.3 Å². The molecule has 0 bridgehead atoms. The summed E-state index contributed by atoms with van der Waals surface area (Å²) in [5.41, 5.74) is 4.99. The van der Waals surface area contributed by atoms with Crippen LogP contribution in [0.2, 0.25) is 0 Å². The summed E-state index contributed by atoms with van der Waals surface area (Å²) in [6.45, 7) is 0. The smallest absolute Gasteiger partial charge is 0.321 e. The SMILES string of the molecule is NC1(c2ccc(C(F)(F)F)cc2)CC(=O)C1. The van der Waals surface area contributed by atoms with E-state index >= 15 is 0 Å². The van der Waals surface area contributed by atoms with Crippen molar-refractivity contribution < 1.29 is 18.0 Å². The molecule has 1 aromatic carbocycles. The van der Waals surface area contributed by atoms with Crippen LogP contribution in [-0.4, -0.2) is 5.78 Å². The third-order valence-electron chi connectivity index (χ3n) is 2.81. The van der Waals surface area contributed by atoms with Crippen LogP contribution in [0.5, 0.6) is 0 Å². The Morgan fingerprint density at radius 1 is 1.12 bits per heavy atom. The Bertz CT molecular complexity index is 414. The van der Waals surface area contributed by atoms with E-state index in [1.54, 1.807) is 0 Å². The zero-order valence-corrected chi connectivity index (χ0v) is 8.34. The topological polar surface area (TPSA) is 43.1 Å². The largest absolute Gasteiger partial charge is 0.416 e. The van der Waals surface area contributed by atoms with Crippen molar-refractivity contribution in [3.05, 3.63) is 35.4 Å². The third-order valence-corrected chi connectivity index (χ3v) is 2.81. The summed E-state index contributed by atoms with van der Waals surface area (Å²) in [4.78, 5) is 10.9. The minimum Gasteiger partial charge on any atom is -0.321 e. The molecule has 0 unspecified atom stereocenters. The maximum absolute atomic E-state index is 12.3. The van der Waals surface area contributed by atoms with Crippen LogP contribution < -0.4 is 5.73 Å². The van der Waals surface area contributed by atoms with Crippen molar-refractivity contribution in [1.29, 1.82) is 0 Å². The maximum Gasteiger partial charge on any atom is 0.416 e. The third kappa shape index (κ3) is 1.82.